The first-order chi connectivity index (χ1) is 15.8. The van der Waals surface area contributed by atoms with Crippen molar-refractivity contribution in [1.82, 2.24) is 9.21 Å². The monoisotopic (exact) mass is 532 g/mol. The maximum Gasteiger partial charge on any atom is 0.243 e. The van der Waals surface area contributed by atoms with Crippen LogP contribution in [-0.2, 0) is 27.8 Å². The molecule has 0 spiro atoms. The second-order valence-corrected chi connectivity index (χ2v) is 11.1. The highest BCUT2D eigenvalue weighted by Gasteiger charge is 2.29. The van der Waals surface area contributed by atoms with E-state index >= 15 is 0 Å². The number of carbonyl (C=O) groups excluding carboxylic acids is 1. The Balaban J connectivity index is 1.81. The van der Waals surface area contributed by atoms with E-state index in [1.54, 1.807) is 41.5 Å². The molecule has 0 aliphatic heterocycles. The van der Waals surface area contributed by atoms with Gasteiger partial charge in [-0.15, -0.1) is 0 Å². The van der Waals surface area contributed by atoms with E-state index in [1.807, 2.05) is 50.2 Å². The summed E-state index contributed by atoms with van der Waals surface area (Å²) in [7, 11) is -3.83. The summed E-state index contributed by atoms with van der Waals surface area (Å²) in [5.74, 6) is 0.456. The van der Waals surface area contributed by atoms with E-state index in [4.69, 9.17) is 4.42 Å². The van der Waals surface area contributed by atoms with Gasteiger partial charge in [0.2, 0.25) is 15.9 Å². The third kappa shape index (κ3) is 7.28. The van der Waals surface area contributed by atoms with Gasteiger partial charge in [-0.1, -0.05) is 60.1 Å². The summed E-state index contributed by atoms with van der Waals surface area (Å²) in [6, 6.07) is 20.0. The van der Waals surface area contributed by atoms with Crippen LogP contribution in [0.1, 0.15) is 25.2 Å². The lowest BCUT2D eigenvalue weighted by atomic mass is 10.1. The van der Waals surface area contributed by atoms with Crippen molar-refractivity contribution in [3.8, 4) is 0 Å². The highest BCUT2D eigenvalue weighted by molar-refractivity contribution is 9.10. The van der Waals surface area contributed by atoms with E-state index in [9.17, 15) is 13.2 Å². The minimum atomic E-state index is -3.83. The van der Waals surface area contributed by atoms with Crippen molar-refractivity contribution in [3.63, 3.8) is 0 Å². The molecule has 8 heteroatoms. The van der Waals surface area contributed by atoms with Gasteiger partial charge in [-0.2, -0.15) is 4.31 Å². The molecule has 1 amide bonds. The Bertz CT molecular complexity index is 1110. The van der Waals surface area contributed by atoms with Gasteiger partial charge in [0.1, 0.15) is 5.76 Å². The zero-order valence-corrected chi connectivity index (χ0v) is 21.3. The van der Waals surface area contributed by atoms with Gasteiger partial charge in [-0.3, -0.25) is 4.79 Å². The number of sulfonamides is 1. The average molecular weight is 533 g/mol. The Morgan fingerprint density at radius 3 is 2.30 bits per heavy atom. The second kappa shape index (κ2) is 11.6. The molecule has 1 heterocycles. The smallest absolute Gasteiger partial charge is 0.243 e. The largest absolute Gasteiger partial charge is 0.467 e. The number of amides is 1. The Hall–Kier alpha value is -2.42. The number of benzene rings is 2. The highest BCUT2D eigenvalue weighted by atomic mass is 79.9. The lowest BCUT2D eigenvalue weighted by molar-refractivity contribution is -0.132. The zero-order valence-electron chi connectivity index (χ0n) is 18.9. The summed E-state index contributed by atoms with van der Waals surface area (Å²) in [5.41, 5.74) is 1.11. The molecule has 0 bridgehead atoms. The van der Waals surface area contributed by atoms with E-state index in [1.165, 1.54) is 4.31 Å². The highest BCUT2D eigenvalue weighted by Crippen LogP contribution is 2.20. The van der Waals surface area contributed by atoms with Crippen LogP contribution in [0.5, 0.6) is 0 Å². The van der Waals surface area contributed by atoms with E-state index < -0.39 is 10.0 Å². The van der Waals surface area contributed by atoms with Crippen LogP contribution in [0, 0.1) is 5.92 Å². The number of hydrogen-bond acceptors (Lipinski definition) is 4. The molecule has 0 N–H and O–H groups in total. The minimum Gasteiger partial charge on any atom is -0.467 e. The van der Waals surface area contributed by atoms with Gasteiger partial charge < -0.3 is 9.32 Å². The van der Waals surface area contributed by atoms with Crippen LogP contribution in [-0.4, -0.2) is 43.2 Å². The van der Waals surface area contributed by atoms with Gasteiger partial charge in [0.25, 0.3) is 0 Å². The predicted octanol–water partition coefficient (Wildman–Crippen LogP) is 4.96. The first-order valence-electron chi connectivity index (χ1n) is 10.9. The molecule has 0 radical (unpaired) electrons. The van der Waals surface area contributed by atoms with Crippen LogP contribution in [0.4, 0.5) is 0 Å². The van der Waals surface area contributed by atoms with Gasteiger partial charge in [-0.05, 0) is 54.3 Å². The van der Waals surface area contributed by atoms with Gasteiger partial charge >= 0.3 is 0 Å². The van der Waals surface area contributed by atoms with Crippen molar-refractivity contribution in [1.29, 1.82) is 0 Å². The Morgan fingerprint density at radius 1 is 1.00 bits per heavy atom. The molecule has 33 heavy (non-hydrogen) atoms. The molecule has 0 saturated carbocycles. The van der Waals surface area contributed by atoms with Crippen LogP contribution in [0.2, 0.25) is 0 Å². The quantitative estimate of drug-likeness (QED) is 0.350. The van der Waals surface area contributed by atoms with E-state index in [0.717, 1.165) is 10.0 Å². The molecular formula is C25H29BrN2O4S. The van der Waals surface area contributed by atoms with E-state index in [0.29, 0.717) is 18.7 Å². The van der Waals surface area contributed by atoms with Gasteiger partial charge in [0.15, 0.2) is 0 Å². The van der Waals surface area contributed by atoms with Crippen molar-refractivity contribution in [3.05, 3.63) is 88.8 Å². The van der Waals surface area contributed by atoms with Crippen LogP contribution in [0.15, 0.2) is 86.8 Å². The molecule has 0 aliphatic rings. The number of halogens is 1. The summed E-state index contributed by atoms with van der Waals surface area (Å²) in [5, 5.41) is 0. The lowest BCUT2D eigenvalue weighted by Gasteiger charge is -2.28. The fourth-order valence-corrected chi connectivity index (χ4v) is 5.27. The number of hydrogen-bond donors (Lipinski definition) is 0. The van der Waals surface area contributed by atoms with E-state index in [2.05, 4.69) is 15.9 Å². The topological polar surface area (TPSA) is 70.8 Å². The zero-order chi connectivity index (χ0) is 23.8. The van der Waals surface area contributed by atoms with Crippen LogP contribution >= 0.6 is 15.9 Å². The normalized spacial score (nSPS) is 11.8. The molecule has 0 unspecified atom stereocenters. The molecular weight excluding hydrogens is 504 g/mol. The van der Waals surface area contributed by atoms with E-state index in [-0.39, 0.29) is 36.4 Å². The second-order valence-electron chi connectivity index (χ2n) is 8.28. The molecule has 3 rings (SSSR count). The standard InChI is InChI=1S/C25H29BrN2O4S/c1-20(2)17-28(33(30,31)24-12-10-22(26)11-13-24)19-25(29)27(18-23-9-6-16-32-23)15-14-21-7-4-3-5-8-21/h3-13,16,20H,14-15,17-19H2,1-2H3. The van der Waals surface area contributed by atoms with Crippen molar-refractivity contribution in [2.75, 3.05) is 19.6 Å². The summed E-state index contributed by atoms with van der Waals surface area (Å²) < 4.78 is 34.2. The van der Waals surface area contributed by atoms with Crippen LogP contribution in [0.3, 0.4) is 0 Å². The van der Waals surface area contributed by atoms with Crippen molar-refractivity contribution >= 4 is 31.9 Å². The van der Waals surface area contributed by atoms with Gasteiger partial charge in [0.05, 0.1) is 24.2 Å². The first kappa shape index (κ1) is 25.2. The summed E-state index contributed by atoms with van der Waals surface area (Å²) >= 11 is 3.34. The number of nitrogens with zero attached hydrogens (tertiary/aromatic N) is 2. The summed E-state index contributed by atoms with van der Waals surface area (Å²) in [4.78, 5) is 15.2. The van der Waals surface area contributed by atoms with Gasteiger partial charge in [0, 0.05) is 17.6 Å². The van der Waals surface area contributed by atoms with Crippen molar-refractivity contribution in [2.45, 2.75) is 31.7 Å². The fraction of sp³-hybridized carbons (Fsp3) is 0.320. The van der Waals surface area contributed by atoms with Crippen molar-refractivity contribution in [2.24, 2.45) is 5.92 Å². The Kier molecular flexibility index (Phi) is 8.88. The maximum absolute atomic E-state index is 13.4. The lowest BCUT2D eigenvalue weighted by Crippen LogP contribution is -2.44. The predicted molar refractivity (Wildman–Crippen MR) is 132 cm³/mol. The molecule has 1 aromatic heterocycles. The number of carbonyl (C=O) groups is 1. The molecule has 3 aromatic rings. The van der Waals surface area contributed by atoms with Gasteiger partial charge in [-0.25, -0.2) is 8.42 Å². The minimum absolute atomic E-state index is 0.0610. The van der Waals surface area contributed by atoms with Crippen LogP contribution < -0.4 is 0 Å². The molecule has 0 saturated heterocycles. The Morgan fingerprint density at radius 2 is 1.70 bits per heavy atom. The summed E-state index contributed by atoms with van der Waals surface area (Å²) in [6.07, 6.45) is 2.23. The fourth-order valence-electron chi connectivity index (χ4n) is 3.45. The SMILES string of the molecule is CC(C)CN(CC(=O)N(CCc1ccccc1)Cc1ccco1)S(=O)(=O)c1ccc(Br)cc1. The first-order valence-corrected chi connectivity index (χ1v) is 13.1. The number of rotatable bonds is 11. The summed E-state index contributed by atoms with van der Waals surface area (Å²) in [6.45, 7) is 4.63. The van der Waals surface area contributed by atoms with Crippen LogP contribution in [0.25, 0.3) is 0 Å². The van der Waals surface area contributed by atoms with Crippen molar-refractivity contribution < 1.29 is 17.6 Å². The average Bonchev–Trinajstić information content (AvgIpc) is 3.30. The molecule has 2 aromatic carbocycles. The molecule has 0 atom stereocenters. The Labute approximate surface area is 204 Å². The molecule has 6 nitrogen and oxygen atoms in total. The number of furan rings is 1. The third-order valence-electron chi connectivity index (χ3n) is 5.12. The molecule has 0 fully saturated rings. The third-order valence-corrected chi connectivity index (χ3v) is 7.48. The molecule has 0 aliphatic carbocycles. The molecule has 176 valence electrons. The maximum atomic E-state index is 13.4.